The molecule has 0 saturated heterocycles. The maximum atomic E-state index is 12.2. The predicted octanol–water partition coefficient (Wildman–Crippen LogP) is 4.13. The monoisotopic (exact) mass is 361 g/mol. The Hall–Kier alpha value is -2.04. The van der Waals surface area contributed by atoms with Gasteiger partial charge in [-0.05, 0) is 70.1 Å². The van der Waals surface area contributed by atoms with Crippen molar-refractivity contribution in [3.05, 3.63) is 34.9 Å². The summed E-state index contributed by atoms with van der Waals surface area (Å²) in [5, 5.41) is 2.97. The molecular weight excluding hydrogens is 330 g/mol. The van der Waals surface area contributed by atoms with Crippen molar-refractivity contribution in [2.75, 3.05) is 6.61 Å². The van der Waals surface area contributed by atoms with Gasteiger partial charge in [-0.15, -0.1) is 0 Å². The predicted molar refractivity (Wildman–Crippen MR) is 101 cm³/mol. The molecule has 2 atom stereocenters. The van der Waals surface area contributed by atoms with Gasteiger partial charge in [0.05, 0.1) is 12.5 Å². The molecule has 5 nitrogen and oxygen atoms in total. The van der Waals surface area contributed by atoms with Gasteiger partial charge < -0.3 is 14.8 Å². The molecule has 5 heteroatoms. The van der Waals surface area contributed by atoms with Crippen molar-refractivity contribution in [1.29, 1.82) is 0 Å². The van der Waals surface area contributed by atoms with E-state index in [0.717, 1.165) is 24.8 Å². The third kappa shape index (κ3) is 5.48. The fourth-order valence-electron chi connectivity index (χ4n) is 3.37. The van der Waals surface area contributed by atoms with Crippen LogP contribution in [0.25, 0.3) is 0 Å². The molecule has 0 spiro atoms. The van der Waals surface area contributed by atoms with Gasteiger partial charge in [0, 0.05) is 6.04 Å². The molecule has 26 heavy (non-hydrogen) atoms. The van der Waals surface area contributed by atoms with Crippen LogP contribution in [-0.4, -0.2) is 30.3 Å². The van der Waals surface area contributed by atoms with Crippen molar-refractivity contribution < 1.29 is 19.1 Å². The summed E-state index contributed by atoms with van der Waals surface area (Å²) in [5.41, 5.74) is 2.97. The molecule has 0 heterocycles. The molecule has 1 aliphatic rings. The second-order valence-corrected chi connectivity index (χ2v) is 7.83. The number of aryl methyl sites for hydroxylation is 1. The van der Waals surface area contributed by atoms with E-state index in [1.54, 1.807) is 0 Å². The first-order valence-electron chi connectivity index (χ1n) is 9.51. The number of amides is 1. The Morgan fingerprint density at radius 3 is 2.58 bits per heavy atom. The lowest BCUT2D eigenvalue weighted by atomic mass is 9.84. The molecule has 1 N–H and O–H groups in total. The van der Waals surface area contributed by atoms with Crippen LogP contribution in [-0.2, 0) is 27.1 Å². The number of hydrogen-bond acceptors (Lipinski definition) is 4. The maximum Gasteiger partial charge on any atom is 0.407 e. The summed E-state index contributed by atoms with van der Waals surface area (Å²) in [5.74, 6) is -0.409. The van der Waals surface area contributed by atoms with Gasteiger partial charge in [-0.25, -0.2) is 4.79 Å². The van der Waals surface area contributed by atoms with E-state index in [2.05, 4.69) is 17.4 Å². The second kappa shape index (κ2) is 8.56. The molecule has 0 bridgehead atoms. The van der Waals surface area contributed by atoms with Gasteiger partial charge in [-0.2, -0.15) is 0 Å². The van der Waals surface area contributed by atoms with E-state index < -0.39 is 5.60 Å². The van der Waals surface area contributed by atoms with Crippen LogP contribution in [0.4, 0.5) is 4.79 Å². The molecule has 1 aromatic carbocycles. The van der Waals surface area contributed by atoms with Crippen molar-refractivity contribution in [3.8, 4) is 0 Å². The molecule has 0 saturated carbocycles. The van der Waals surface area contributed by atoms with Gasteiger partial charge >= 0.3 is 12.1 Å². The summed E-state index contributed by atoms with van der Waals surface area (Å²) in [6.45, 7) is 9.78. The van der Waals surface area contributed by atoms with E-state index in [-0.39, 0.29) is 24.0 Å². The fourth-order valence-corrected chi connectivity index (χ4v) is 3.37. The van der Waals surface area contributed by atoms with Crippen LogP contribution < -0.4 is 5.32 Å². The molecule has 1 amide bonds. The lowest BCUT2D eigenvalue weighted by molar-refractivity contribution is -0.145. The Morgan fingerprint density at radius 1 is 1.23 bits per heavy atom. The van der Waals surface area contributed by atoms with E-state index in [1.165, 1.54) is 11.1 Å². The number of nitrogens with one attached hydrogen (secondary N) is 1. The topological polar surface area (TPSA) is 64.6 Å². The van der Waals surface area contributed by atoms with Crippen LogP contribution in [0.3, 0.4) is 0 Å². The lowest BCUT2D eigenvalue weighted by Crippen LogP contribution is -2.41. The number of benzene rings is 1. The number of rotatable bonds is 5. The van der Waals surface area contributed by atoms with Crippen molar-refractivity contribution in [2.45, 2.75) is 77.9 Å². The zero-order valence-electron chi connectivity index (χ0n) is 16.6. The zero-order valence-corrected chi connectivity index (χ0v) is 16.6. The van der Waals surface area contributed by atoms with Crippen LogP contribution in [0.1, 0.15) is 70.1 Å². The number of alkyl carbamates (subject to hydrolysis) is 1. The smallest absolute Gasteiger partial charge is 0.407 e. The first-order chi connectivity index (χ1) is 12.2. The third-order valence-electron chi connectivity index (χ3n) is 4.56. The number of fused-ring (bicyclic) bond motifs is 1. The summed E-state index contributed by atoms with van der Waals surface area (Å²) in [6, 6.07) is 6.29. The third-order valence-corrected chi connectivity index (χ3v) is 4.56. The van der Waals surface area contributed by atoms with Gasteiger partial charge in [0.2, 0.25) is 0 Å². The van der Waals surface area contributed by atoms with Crippen LogP contribution in [0, 0.1) is 0 Å². The second-order valence-electron chi connectivity index (χ2n) is 7.83. The van der Waals surface area contributed by atoms with Crippen LogP contribution in [0.5, 0.6) is 0 Å². The minimum atomic E-state index is -0.502. The average Bonchev–Trinajstić information content (AvgIpc) is 2.53. The molecule has 1 aromatic rings. The summed E-state index contributed by atoms with van der Waals surface area (Å²) in [6.07, 6.45) is 2.88. The van der Waals surface area contributed by atoms with Gasteiger partial charge in [0.15, 0.2) is 0 Å². The first kappa shape index (κ1) is 20.3. The number of ether oxygens (including phenoxy) is 2. The maximum absolute atomic E-state index is 12.2. The van der Waals surface area contributed by atoms with Gasteiger partial charge in [-0.1, -0.05) is 25.1 Å². The zero-order chi connectivity index (χ0) is 19.3. The molecule has 0 aromatic heterocycles. The Balaban J connectivity index is 2.09. The van der Waals surface area contributed by atoms with Crippen LogP contribution >= 0.6 is 0 Å². The highest BCUT2D eigenvalue weighted by Crippen LogP contribution is 2.28. The Bertz CT molecular complexity index is 648. The Kier molecular flexibility index (Phi) is 6.68. The van der Waals surface area contributed by atoms with Crippen LogP contribution in [0.2, 0.25) is 0 Å². The van der Waals surface area contributed by atoms with Crippen molar-refractivity contribution in [1.82, 2.24) is 5.32 Å². The molecule has 144 valence electrons. The minimum absolute atomic E-state index is 0.0512. The highest BCUT2D eigenvalue weighted by molar-refractivity contribution is 5.78. The van der Waals surface area contributed by atoms with E-state index in [4.69, 9.17) is 9.47 Å². The van der Waals surface area contributed by atoms with E-state index in [0.29, 0.717) is 13.0 Å². The van der Waals surface area contributed by atoms with Crippen LogP contribution in [0.15, 0.2) is 18.2 Å². The number of carbonyl (C=O) groups is 2. The summed E-state index contributed by atoms with van der Waals surface area (Å²) in [4.78, 5) is 24.2. The molecule has 0 fully saturated rings. The van der Waals surface area contributed by atoms with E-state index in [9.17, 15) is 9.59 Å². The van der Waals surface area contributed by atoms with E-state index >= 15 is 0 Å². The fraction of sp³-hybridized carbons (Fsp3) is 0.619. The number of hydrogen-bond donors (Lipinski definition) is 1. The molecule has 0 aliphatic heterocycles. The summed E-state index contributed by atoms with van der Waals surface area (Å²) in [7, 11) is 0. The largest absolute Gasteiger partial charge is 0.466 e. The quantitative estimate of drug-likeness (QED) is 0.801. The van der Waals surface area contributed by atoms with Crippen molar-refractivity contribution in [3.63, 3.8) is 0 Å². The highest BCUT2D eigenvalue weighted by Gasteiger charge is 2.26. The molecule has 1 aliphatic carbocycles. The highest BCUT2D eigenvalue weighted by atomic mass is 16.6. The standard InChI is InChI=1S/C21H31NO4/c1-6-18(19(23)25-7-2)15-9-8-14-10-11-17(13-16(14)12-15)22-20(24)26-21(3,4)5/h8-9,12,17-18H,6-7,10-11,13H2,1-5H3,(H,22,24). The number of carbonyl (C=O) groups excluding carboxylic acids is 2. The molecule has 0 radical (unpaired) electrons. The summed E-state index contributed by atoms with van der Waals surface area (Å²) >= 11 is 0. The van der Waals surface area contributed by atoms with Crippen molar-refractivity contribution >= 4 is 12.1 Å². The minimum Gasteiger partial charge on any atom is -0.466 e. The Morgan fingerprint density at radius 2 is 1.96 bits per heavy atom. The van der Waals surface area contributed by atoms with Gasteiger partial charge in [-0.3, -0.25) is 4.79 Å². The SMILES string of the molecule is CCOC(=O)C(CC)c1ccc2c(c1)CC(NC(=O)OC(C)(C)C)CC2. The number of esters is 1. The molecule has 2 unspecified atom stereocenters. The first-order valence-corrected chi connectivity index (χ1v) is 9.51. The summed E-state index contributed by atoms with van der Waals surface area (Å²) < 4.78 is 10.6. The van der Waals surface area contributed by atoms with E-state index in [1.807, 2.05) is 40.7 Å². The molecule has 2 rings (SSSR count). The lowest BCUT2D eigenvalue weighted by Gasteiger charge is -2.28. The van der Waals surface area contributed by atoms with Crippen molar-refractivity contribution in [2.24, 2.45) is 0 Å². The van der Waals surface area contributed by atoms with Gasteiger partial charge in [0.1, 0.15) is 5.60 Å². The normalized spacial score (nSPS) is 17.8. The average molecular weight is 361 g/mol. The van der Waals surface area contributed by atoms with Gasteiger partial charge in [0.25, 0.3) is 0 Å². The molecular formula is C21H31NO4. The Labute approximate surface area is 156 Å².